The van der Waals surface area contributed by atoms with E-state index < -0.39 is 0 Å². The van der Waals surface area contributed by atoms with E-state index in [0.29, 0.717) is 11.8 Å². The molecule has 2 rings (SSSR count). The van der Waals surface area contributed by atoms with Gasteiger partial charge in [-0.25, -0.2) is 0 Å². The normalized spacial score (nSPS) is 30.0. The van der Waals surface area contributed by atoms with E-state index in [0.717, 1.165) is 17.8 Å². The summed E-state index contributed by atoms with van der Waals surface area (Å²) in [6.45, 7) is 4.60. The van der Waals surface area contributed by atoms with Crippen molar-refractivity contribution in [3.05, 3.63) is 0 Å². The van der Waals surface area contributed by atoms with Crippen molar-refractivity contribution in [1.29, 1.82) is 5.26 Å². The van der Waals surface area contributed by atoms with E-state index in [9.17, 15) is 5.26 Å². The minimum atomic E-state index is 0.354. The fourth-order valence-corrected chi connectivity index (χ4v) is 5.87. The Kier molecular flexibility index (Phi) is 11.5. The smallest absolute Gasteiger partial charge is 0.0658 e. The molecule has 0 radical (unpaired) electrons. The molecule has 1 unspecified atom stereocenters. The van der Waals surface area contributed by atoms with Gasteiger partial charge in [-0.2, -0.15) is 5.26 Å². The van der Waals surface area contributed by atoms with Gasteiger partial charge in [-0.3, -0.25) is 0 Å². The van der Waals surface area contributed by atoms with Crippen LogP contribution in [0.4, 0.5) is 0 Å². The summed E-state index contributed by atoms with van der Waals surface area (Å²) in [5.41, 5.74) is 0. The number of nitriles is 1. The molecule has 2 aliphatic rings. The van der Waals surface area contributed by atoms with Crippen LogP contribution in [0, 0.1) is 40.9 Å². The van der Waals surface area contributed by atoms with Gasteiger partial charge in [0.15, 0.2) is 0 Å². The SMILES string of the molecule is CCCCCCCC1CCC(CC(C#N)C2CCC(CCCC)CC2)CC1. The third-order valence-electron chi connectivity index (χ3n) is 7.86. The van der Waals surface area contributed by atoms with Gasteiger partial charge in [0.05, 0.1) is 6.07 Å². The lowest BCUT2D eigenvalue weighted by atomic mass is 9.70. The van der Waals surface area contributed by atoms with Gasteiger partial charge >= 0.3 is 0 Å². The van der Waals surface area contributed by atoms with Crippen molar-refractivity contribution < 1.29 is 0 Å². The van der Waals surface area contributed by atoms with Crippen LogP contribution in [0.25, 0.3) is 0 Å². The number of nitrogens with zero attached hydrogens (tertiary/aromatic N) is 1. The molecule has 0 aromatic heterocycles. The molecule has 1 nitrogen and oxygen atoms in total. The summed E-state index contributed by atoms with van der Waals surface area (Å²) < 4.78 is 0. The molecule has 0 saturated heterocycles. The predicted molar refractivity (Wildman–Crippen MR) is 118 cm³/mol. The Morgan fingerprint density at radius 1 is 0.667 bits per heavy atom. The summed E-state index contributed by atoms with van der Waals surface area (Å²) >= 11 is 0. The van der Waals surface area contributed by atoms with Gasteiger partial charge in [-0.05, 0) is 42.9 Å². The first-order chi connectivity index (χ1) is 13.3. The highest BCUT2D eigenvalue weighted by atomic mass is 14.4. The van der Waals surface area contributed by atoms with E-state index in [2.05, 4.69) is 19.9 Å². The molecule has 0 heterocycles. The predicted octanol–water partition coefficient (Wildman–Crippen LogP) is 8.68. The standard InChI is InChI=1S/C26H47N/c1-3-5-7-8-9-11-23-12-14-24(15-13-23)20-26(21-27)25-18-16-22(17-19-25)10-6-4-2/h22-26H,3-20H2,1-2H3. The van der Waals surface area contributed by atoms with Crippen LogP contribution in [0.3, 0.4) is 0 Å². The average molecular weight is 374 g/mol. The summed E-state index contributed by atoms with van der Waals surface area (Å²) in [5.74, 6) is 3.88. The first kappa shape index (κ1) is 22.8. The maximum absolute atomic E-state index is 9.81. The summed E-state index contributed by atoms with van der Waals surface area (Å²) in [4.78, 5) is 0. The highest BCUT2D eigenvalue weighted by Gasteiger charge is 2.30. The Hall–Kier alpha value is -0.510. The van der Waals surface area contributed by atoms with Crippen molar-refractivity contribution in [1.82, 2.24) is 0 Å². The Balaban J connectivity index is 1.61. The van der Waals surface area contributed by atoms with Gasteiger partial charge in [0, 0.05) is 5.92 Å². The van der Waals surface area contributed by atoms with Crippen LogP contribution >= 0.6 is 0 Å². The number of hydrogen-bond acceptors (Lipinski definition) is 1. The molecule has 0 aromatic rings. The fourth-order valence-electron chi connectivity index (χ4n) is 5.87. The number of rotatable bonds is 12. The maximum atomic E-state index is 9.81. The molecule has 0 aliphatic heterocycles. The average Bonchev–Trinajstić information content (AvgIpc) is 2.72. The molecule has 27 heavy (non-hydrogen) atoms. The monoisotopic (exact) mass is 373 g/mol. The third kappa shape index (κ3) is 8.58. The molecule has 2 aliphatic carbocycles. The molecule has 1 atom stereocenters. The molecule has 0 aromatic carbocycles. The zero-order chi connectivity index (χ0) is 19.3. The van der Waals surface area contributed by atoms with Crippen LogP contribution < -0.4 is 0 Å². The summed E-state index contributed by atoms with van der Waals surface area (Å²) in [6.07, 6.45) is 25.1. The van der Waals surface area contributed by atoms with Crippen molar-refractivity contribution in [2.45, 2.75) is 129 Å². The van der Waals surface area contributed by atoms with E-state index in [-0.39, 0.29) is 0 Å². The fraction of sp³-hybridized carbons (Fsp3) is 0.962. The first-order valence-electron chi connectivity index (χ1n) is 12.7. The zero-order valence-electron chi connectivity index (χ0n) is 18.6. The zero-order valence-corrected chi connectivity index (χ0v) is 18.6. The minimum Gasteiger partial charge on any atom is -0.198 e. The van der Waals surface area contributed by atoms with Crippen molar-refractivity contribution >= 4 is 0 Å². The van der Waals surface area contributed by atoms with Crippen molar-refractivity contribution in [3.8, 4) is 6.07 Å². The van der Waals surface area contributed by atoms with Crippen LogP contribution in [0.15, 0.2) is 0 Å². The molecule has 2 fully saturated rings. The number of unbranched alkanes of at least 4 members (excludes halogenated alkanes) is 5. The summed E-state index contributed by atoms with van der Waals surface area (Å²) in [5, 5.41) is 9.81. The van der Waals surface area contributed by atoms with Crippen molar-refractivity contribution in [2.24, 2.45) is 29.6 Å². The highest BCUT2D eigenvalue weighted by Crippen LogP contribution is 2.41. The Labute approximate surface area is 170 Å². The molecular formula is C26H47N. The molecule has 1 heteroatoms. The highest BCUT2D eigenvalue weighted by molar-refractivity contribution is 4.92. The van der Waals surface area contributed by atoms with Gasteiger partial charge in [0.1, 0.15) is 0 Å². The third-order valence-corrected chi connectivity index (χ3v) is 7.86. The van der Waals surface area contributed by atoms with Gasteiger partial charge in [0.25, 0.3) is 0 Å². The number of hydrogen-bond donors (Lipinski definition) is 0. The van der Waals surface area contributed by atoms with Crippen molar-refractivity contribution in [2.75, 3.05) is 0 Å². The quantitative estimate of drug-likeness (QED) is 0.314. The second-order valence-corrected chi connectivity index (χ2v) is 9.98. The summed E-state index contributed by atoms with van der Waals surface area (Å²) in [7, 11) is 0. The van der Waals surface area contributed by atoms with Crippen LogP contribution in [0.5, 0.6) is 0 Å². The lowest BCUT2D eigenvalue weighted by Crippen LogP contribution is -2.24. The topological polar surface area (TPSA) is 23.8 Å². The van der Waals surface area contributed by atoms with Gasteiger partial charge in [-0.15, -0.1) is 0 Å². The van der Waals surface area contributed by atoms with E-state index in [1.807, 2.05) is 0 Å². The minimum absolute atomic E-state index is 0.354. The second-order valence-electron chi connectivity index (χ2n) is 9.98. The molecule has 0 bridgehead atoms. The van der Waals surface area contributed by atoms with E-state index >= 15 is 0 Å². The Morgan fingerprint density at radius 2 is 1.19 bits per heavy atom. The maximum Gasteiger partial charge on any atom is 0.0658 e. The summed E-state index contributed by atoms with van der Waals surface area (Å²) in [6, 6.07) is 2.74. The lowest BCUT2D eigenvalue weighted by molar-refractivity contribution is 0.177. The molecule has 0 N–H and O–H groups in total. The van der Waals surface area contributed by atoms with E-state index in [1.165, 1.54) is 116 Å². The van der Waals surface area contributed by atoms with Crippen molar-refractivity contribution in [3.63, 3.8) is 0 Å². The first-order valence-corrected chi connectivity index (χ1v) is 12.7. The molecule has 2 saturated carbocycles. The van der Waals surface area contributed by atoms with E-state index in [4.69, 9.17) is 0 Å². The molecule has 156 valence electrons. The molecular weight excluding hydrogens is 326 g/mol. The van der Waals surface area contributed by atoms with Gasteiger partial charge in [-0.1, -0.05) is 110 Å². The second kappa shape index (κ2) is 13.6. The Bertz CT molecular complexity index is 393. The van der Waals surface area contributed by atoms with Crippen LogP contribution in [-0.4, -0.2) is 0 Å². The van der Waals surface area contributed by atoms with E-state index in [1.54, 1.807) is 0 Å². The van der Waals surface area contributed by atoms with Gasteiger partial charge < -0.3 is 0 Å². The molecule has 0 amide bonds. The van der Waals surface area contributed by atoms with Crippen LogP contribution in [-0.2, 0) is 0 Å². The largest absolute Gasteiger partial charge is 0.198 e. The van der Waals surface area contributed by atoms with Gasteiger partial charge in [0.2, 0.25) is 0 Å². The lowest BCUT2D eigenvalue weighted by Gasteiger charge is -2.34. The van der Waals surface area contributed by atoms with Crippen LogP contribution in [0.2, 0.25) is 0 Å². The van der Waals surface area contributed by atoms with Crippen LogP contribution in [0.1, 0.15) is 129 Å². The molecule has 0 spiro atoms. The Morgan fingerprint density at radius 3 is 1.78 bits per heavy atom.